The minimum atomic E-state index is 0.484. The van der Waals surface area contributed by atoms with Gasteiger partial charge in [-0.05, 0) is 30.3 Å². The molecule has 7 rings (SSSR count). The lowest BCUT2D eigenvalue weighted by atomic mass is 10.0. The molecule has 4 nitrogen and oxygen atoms in total. The van der Waals surface area contributed by atoms with E-state index in [9.17, 15) is 0 Å². The van der Waals surface area contributed by atoms with Crippen LogP contribution >= 0.6 is 0 Å². The number of hydrogen-bond donors (Lipinski definition) is 2. The Bertz CT molecular complexity index is 1890. The Morgan fingerprint density at radius 3 is 2.20 bits per heavy atom. The lowest BCUT2D eigenvalue weighted by Gasteiger charge is -2.16. The van der Waals surface area contributed by atoms with E-state index in [1.165, 1.54) is 0 Å². The van der Waals surface area contributed by atoms with Crippen LogP contribution in [0.2, 0.25) is 0 Å². The molecule has 0 saturated carbocycles. The Balaban J connectivity index is 1.46. The fourth-order valence-electron chi connectivity index (χ4n) is 4.99. The van der Waals surface area contributed by atoms with Gasteiger partial charge < -0.3 is 4.42 Å². The van der Waals surface area contributed by atoms with Crippen molar-refractivity contribution in [2.45, 2.75) is 0 Å². The highest BCUT2D eigenvalue weighted by atomic mass is 16.3. The predicted molar refractivity (Wildman–Crippen MR) is 145 cm³/mol. The molecule has 0 amide bonds. The van der Waals surface area contributed by atoms with Gasteiger partial charge in [0.2, 0.25) is 0 Å². The summed E-state index contributed by atoms with van der Waals surface area (Å²) in [5.41, 5.74) is 10.6. The van der Waals surface area contributed by atoms with E-state index < -0.39 is 0 Å². The van der Waals surface area contributed by atoms with Crippen LogP contribution in [0.3, 0.4) is 0 Å². The van der Waals surface area contributed by atoms with Crippen molar-refractivity contribution >= 4 is 55.1 Å². The molecule has 0 saturated heterocycles. The number of aromatic nitrogens is 1. The first kappa shape index (κ1) is 19.6. The zero-order chi connectivity index (χ0) is 23.4. The second kappa shape index (κ2) is 7.61. The number of para-hydroxylation sites is 3. The van der Waals surface area contributed by atoms with Crippen LogP contribution in [-0.2, 0) is 0 Å². The zero-order valence-corrected chi connectivity index (χ0v) is 18.8. The number of anilines is 1. The van der Waals surface area contributed by atoms with Crippen LogP contribution in [0.5, 0.6) is 0 Å². The summed E-state index contributed by atoms with van der Waals surface area (Å²) in [6.45, 7) is 0. The Kier molecular flexibility index (Phi) is 4.26. The van der Waals surface area contributed by atoms with Crippen LogP contribution in [0.15, 0.2) is 120 Å². The standard InChI is InChI=1S/C31H21N3O/c32-31(20-10-2-1-3-11-20)23-14-4-7-15-26(23)33-34-27-16-8-5-12-21(27)24-19-30-25(18-28(24)34)22-13-6-9-17-29(22)35-30/h1-19,32-33H. The van der Waals surface area contributed by atoms with Crippen LogP contribution in [0.4, 0.5) is 5.69 Å². The summed E-state index contributed by atoms with van der Waals surface area (Å²) in [6, 6.07) is 38.7. The van der Waals surface area contributed by atoms with Crippen LogP contribution in [0.25, 0.3) is 43.7 Å². The molecule has 2 heterocycles. The highest BCUT2D eigenvalue weighted by Gasteiger charge is 2.17. The number of fused-ring (bicyclic) bond motifs is 6. The van der Waals surface area contributed by atoms with Gasteiger partial charge in [-0.3, -0.25) is 15.5 Å². The highest BCUT2D eigenvalue weighted by molar-refractivity contribution is 6.17. The van der Waals surface area contributed by atoms with E-state index >= 15 is 0 Å². The first-order chi connectivity index (χ1) is 17.3. The minimum absolute atomic E-state index is 0.484. The Hall–Kier alpha value is -4.83. The molecule has 7 aromatic rings. The summed E-state index contributed by atoms with van der Waals surface area (Å²) in [7, 11) is 0. The average molecular weight is 452 g/mol. The molecular weight excluding hydrogens is 430 g/mol. The lowest BCUT2D eigenvalue weighted by molar-refractivity contribution is 0.669. The van der Waals surface area contributed by atoms with Crippen molar-refractivity contribution in [3.8, 4) is 0 Å². The molecule has 0 aliphatic rings. The average Bonchev–Trinajstić information content (AvgIpc) is 3.43. The van der Waals surface area contributed by atoms with Gasteiger partial charge in [0, 0.05) is 32.7 Å². The van der Waals surface area contributed by atoms with Crippen molar-refractivity contribution in [3.63, 3.8) is 0 Å². The van der Waals surface area contributed by atoms with Gasteiger partial charge in [0.15, 0.2) is 0 Å². The maximum Gasteiger partial charge on any atom is 0.136 e. The molecule has 35 heavy (non-hydrogen) atoms. The van der Waals surface area contributed by atoms with Gasteiger partial charge in [0.25, 0.3) is 0 Å². The molecule has 0 atom stereocenters. The number of benzene rings is 5. The predicted octanol–water partition coefficient (Wildman–Crippen LogP) is 7.99. The molecule has 4 heteroatoms. The van der Waals surface area contributed by atoms with Crippen molar-refractivity contribution in [1.29, 1.82) is 5.41 Å². The molecule has 2 aromatic heterocycles. The molecule has 0 fully saturated rings. The normalized spacial score (nSPS) is 11.5. The maximum atomic E-state index is 8.88. The van der Waals surface area contributed by atoms with Crippen LogP contribution in [0, 0.1) is 5.41 Å². The Morgan fingerprint density at radius 2 is 1.31 bits per heavy atom. The van der Waals surface area contributed by atoms with Gasteiger partial charge in [0.1, 0.15) is 11.2 Å². The summed E-state index contributed by atoms with van der Waals surface area (Å²) < 4.78 is 8.31. The Morgan fingerprint density at radius 1 is 0.600 bits per heavy atom. The van der Waals surface area contributed by atoms with E-state index in [4.69, 9.17) is 9.83 Å². The third kappa shape index (κ3) is 3.04. The maximum absolute atomic E-state index is 8.88. The molecular formula is C31H21N3O. The lowest BCUT2D eigenvalue weighted by Crippen LogP contribution is -2.13. The second-order valence-electron chi connectivity index (χ2n) is 8.71. The summed E-state index contributed by atoms with van der Waals surface area (Å²) in [5, 5.41) is 13.3. The first-order valence-corrected chi connectivity index (χ1v) is 11.6. The number of hydrogen-bond acceptors (Lipinski definition) is 3. The summed E-state index contributed by atoms with van der Waals surface area (Å²) in [4.78, 5) is 0. The van der Waals surface area contributed by atoms with Crippen molar-refractivity contribution in [1.82, 2.24) is 4.68 Å². The molecule has 5 aromatic carbocycles. The molecule has 0 aliphatic heterocycles. The fraction of sp³-hybridized carbons (Fsp3) is 0. The van der Waals surface area contributed by atoms with E-state index in [1.54, 1.807) is 0 Å². The SMILES string of the molecule is N=C(c1ccccc1)c1ccccc1Nn1c2ccccc2c2cc3oc4ccccc4c3cc21. The molecule has 0 aliphatic carbocycles. The quantitative estimate of drug-likeness (QED) is 0.267. The first-order valence-electron chi connectivity index (χ1n) is 11.6. The molecule has 0 bridgehead atoms. The third-order valence-electron chi connectivity index (χ3n) is 6.66. The molecule has 0 radical (unpaired) electrons. The summed E-state index contributed by atoms with van der Waals surface area (Å²) in [6.07, 6.45) is 0. The number of rotatable bonds is 4. The Labute approximate surface area is 201 Å². The number of furan rings is 1. The summed E-state index contributed by atoms with van der Waals surface area (Å²) in [5.74, 6) is 0. The van der Waals surface area contributed by atoms with E-state index in [1.807, 2.05) is 72.8 Å². The molecule has 166 valence electrons. The molecule has 0 unspecified atom stereocenters. The largest absolute Gasteiger partial charge is 0.456 e. The van der Waals surface area contributed by atoms with E-state index in [0.29, 0.717) is 5.71 Å². The van der Waals surface area contributed by atoms with Crippen LogP contribution in [-0.4, -0.2) is 10.4 Å². The number of nitrogens with zero attached hydrogens (tertiary/aromatic N) is 1. The minimum Gasteiger partial charge on any atom is -0.456 e. The van der Waals surface area contributed by atoms with E-state index in [0.717, 1.165) is 60.6 Å². The fourth-order valence-corrected chi connectivity index (χ4v) is 4.99. The monoisotopic (exact) mass is 451 g/mol. The van der Waals surface area contributed by atoms with Crippen LogP contribution in [0.1, 0.15) is 11.1 Å². The van der Waals surface area contributed by atoms with Gasteiger partial charge in [-0.25, -0.2) is 0 Å². The highest BCUT2D eigenvalue weighted by Crippen LogP contribution is 2.36. The molecule has 0 spiro atoms. The van der Waals surface area contributed by atoms with Crippen molar-refractivity contribution in [2.75, 3.05) is 5.43 Å². The van der Waals surface area contributed by atoms with E-state index in [2.05, 4.69) is 52.6 Å². The zero-order valence-electron chi connectivity index (χ0n) is 18.8. The van der Waals surface area contributed by atoms with Gasteiger partial charge >= 0.3 is 0 Å². The van der Waals surface area contributed by atoms with Crippen LogP contribution < -0.4 is 5.43 Å². The van der Waals surface area contributed by atoms with Gasteiger partial charge in [-0.15, -0.1) is 0 Å². The second-order valence-corrected chi connectivity index (χ2v) is 8.71. The third-order valence-corrected chi connectivity index (χ3v) is 6.66. The topological polar surface area (TPSA) is 54.0 Å². The number of nitrogens with one attached hydrogen (secondary N) is 2. The van der Waals surface area contributed by atoms with E-state index in [-0.39, 0.29) is 0 Å². The van der Waals surface area contributed by atoms with Gasteiger partial charge in [-0.1, -0.05) is 84.9 Å². The van der Waals surface area contributed by atoms with Crippen molar-refractivity contribution in [3.05, 3.63) is 126 Å². The smallest absolute Gasteiger partial charge is 0.136 e. The van der Waals surface area contributed by atoms with Crippen molar-refractivity contribution in [2.24, 2.45) is 0 Å². The van der Waals surface area contributed by atoms with Gasteiger partial charge in [-0.2, -0.15) is 0 Å². The molecule has 2 N–H and O–H groups in total. The van der Waals surface area contributed by atoms with Gasteiger partial charge in [0.05, 0.1) is 22.4 Å². The van der Waals surface area contributed by atoms with Crippen molar-refractivity contribution < 1.29 is 4.42 Å². The summed E-state index contributed by atoms with van der Waals surface area (Å²) >= 11 is 0.